The lowest BCUT2D eigenvalue weighted by molar-refractivity contribution is 0.227. The van der Waals surface area contributed by atoms with Crippen LogP contribution in [-0.2, 0) is 5.41 Å². The zero-order valence-electron chi connectivity index (χ0n) is 26.5. The Kier molecular flexibility index (Phi) is 5.50. The summed E-state index contributed by atoms with van der Waals surface area (Å²) in [5.74, 6) is 3.69. The van der Waals surface area contributed by atoms with Gasteiger partial charge in [-0.15, -0.1) is 11.3 Å². The Morgan fingerprint density at radius 1 is 0.596 bits per heavy atom. The minimum atomic E-state index is 0.000907. The number of hydrogen-bond donors (Lipinski definition) is 0. The third-order valence-corrected chi connectivity index (χ3v) is 12.6. The molecule has 1 fully saturated rings. The summed E-state index contributed by atoms with van der Waals surface area (Å²) in [6.07, 6.45) is 2.30. The predicted molar refractivity (Wildman–Crippen MR) is 192 cm³/mol. The number of thiophene rings is 1. The number of aromatic nitrogens is 2. The van der Waals surface area contributed by atoms with Crippen LogP contribution in [0.15, 0.2) is 118 Å². The number of nitrogens with zero attached hydrogens (tertiary/aromatic N) is 2. The molecule has 4 aromatic carbocycles. The zero-order chi connectivity index (χ0) is 31.5. The number of benzene rings is 4. The van der Waals surface area contributed by atoms with Gasteiger partial charge in [0.05, 0.1) is 21.1 Å². The zero-order valence-corrected chi connectivity index (χ0v) is 27.3. The van der Waals surface area contributed by atoms with Crippen LogP contribution in [0.25, 0.3) is 76.5 Å². The highest BCUT2D eigenvalue weighted by atomic mass is 32.1. The Hall–Kier alpha value is -5.00. The van der Waals surface area contributed by atoms with Crippen molar-refractivity contribution < 1.29 is 8.83 Å². The third kappa shape index (κ3) is 3.81. The van der Waals surface area contributed by atoms with Crippen molar-refractivity contribution in [3.05, 3.63) is 121 Å². The van der Waals surface area contributed by atoms with Crippen molar-refractivity contribution in [2.45, 2.75) is 44.9 Å². The molecule has 4 heterocycles. The highest BCUT2D eigenvalue weighted by Gasteiger charge is 2.61. The summed E-state index contributed by atoms with van der Waals surface area (Å²) in [7, 11) is 0. The van der Waals surface area contributed by atoms with E-state index in [9.17, 15) is 0 Å². The lowest BCUT2D eigenvalue weighted by Crippen LogP contribution is -2.31. The van der Waals surface area contributed by atoms with Crippen LogP contribution in [-0.4, -0.2) is 9.97 Å². The quantitative estimate of drug-likeness (QED) is 0.195. The Morgan fingerprint density at radius 3 is 1.68 bits per heavy atom. The summed E-state index contributed by atoms with van der Waals surface area (Å²) >= 11 is 1.66. The summed E-state index contributed by atoms with van der Waals surface area (Å²) < 4.78 is 13.3. The molecule has 2 atom stereocenters. The molecule has 0 aliphatic heterocycles. The maximum absolute atomic E-state index is 6.64. The molecule has 4 nitrogen and oxygen atoms in total. The number of rotatable bonds is 4. The largest absolute Gasteiger partial charge is 0.455 e. The Balaban J connectivity index is 1.14. The molecule has 1 saturated carbocycles. The van der Waals surface area contributed by atoms with E-state index in [2.05, 4.69) is 130 Å². The molecule has 4 aromatic heterocycles. The molecule has 8 aromatic rings. The van der Waals surface area contributed by atoms with E-state index >= 15 is 0 Å². The van der Waals surface area contributed by atoms with Crippen molar-refractivity contribution in [1.29, 1.82) is 0 Å². The summed E-state index contributed by atoms with van der Waals surface area (Å²) in [6.45, 7) is 7.18. The topological polar surface area (TPSA) is 52.1 Å². The molecule has 0 saturated heterocycles. The maximum Gasteiger partial charge on any atom is 0.147 e. The predicted octanol–water partition coefficient (Wildman–Crippen LogP) is 12.0. The van der Waals surface area contributed by atoms with E-state index in [-0.39, 0.29) is 10.8 Å². The van der Waals surface area contributed by atoms with Crippen molar-refractivity contribution in [1.82, 2.24) is 9.97 Å². The van der Waals surface area contributed by atoms with Crippen LogP contribution in [0.4, 0.5) is 0 Å². The van der Waals surface area contributed by atoms with Gasteiger partial charge in [-0.05, 0) is 76.2 Å². The van der Waals surface area contributed by atoms with Gasteiger partial charge in [0.2, 0.25) is 0 Å². The molecule has 0 N–H and O–H groups in total. The Morgan fingerprint density at radius 2 is 1.11 bits per heavy atom. The second-order valence-corrected chi connectivity index (χ2v) is 15.0. The molecule has 228 valence electrons. The van der Waals surface area contributed by atoms with Gasteiger partial charge in [0, 0.05) is 22.5 Å². The van der Waals surface area contributed by atoms with Crippen LogP contribution >= 0.6 is 11.3 Å². The normalized spacial score (nSPS) is 19.7. The van der Waals surface area contributed by atoms with Gasteiger partial charge in [-0.25, -0.2) is 9.97 Å². The van der Waals surface area contributed by atoms with Crippen molar-refractivity contribution in [2.24, 2.45) is 5.41 Å². The van der Waals surface area contributed by atoms with E-state index in [4.69, 9.17) is 18.8 Å². The molecule has 2 aliphatic carbocycles. The van der Waals surface area contributed by atoms with Gasteiger partial charge in [0.1, 0.15) is 34.1 Å². The Labute approximate surface area is 276 Å². The highest BCUT2D eigenvalue weighted by Crippen LogP contribution is 2.67. The smallest absolute Gasteiger partial charge is 0.147 e. The molecule has 5 heteroatoms. The van der Waals surface area contributed by atoms with E-state index in [0.717, 1.165) is 73.5 Å². The van der Waals surface area contributed by atoms with Crippen LogP contribution in [0.1, 0.15) is 50.9 Å². The van der Waals surface area contributed by atoms with Gasteiger partial charge in [-0.2, -0.15) is 0 Å². The third-order valence-electron chi connectivity index (χ3n) is 11.4. The monoisotopic (exact) mass is 628 g/mol. The summed E-state index contributed by atoms with van der Waals surface area (Å²) in [5, 5.41) is 4.82. The van der Waals surface area contributed by atoms with Crippen LogP contribution in [0.5, 0.6) is 0 Å². The first kappa shape index (κ1) is 27.1. The maximum atomic E-state index is 6.64. The molecule has 0 radical (unpaired) electrons. The minimum Gasteiger partial charge on any atom is -0.455 e. The first-order valence-electron chi connectivity index (χ1n) is 16.4. The molecule has 47 heavy (non-hydrogen) atoms. The lowest BCUT2D eigenvalue weighted by Gasteiger charge is -2.34. The lowest BCUT2D eigenvalue weighted by atomic mass is 9.70. The van der Waals surface area contributed by atoms with E-state index in [0.29, 0.717) is 5.92 Å². The molecule has 2 aliphatic rings. The summed E-state index contributed by atoms with van der Waals surface area (Å²) in [5.41, 5.74) is 6.35. The van der Waals surface area contributed by atoms with Crippen LogP contribution in [0.3, 0.4) is 0 Å². The van der Waals surface area contributed by atoms with Crippen molar-refractivity contribution in [3.63, 3.8) is 0 Å². The van der Waals surface area contributed by atoms with Gasteiger partial charge in [0.15, 0.2) is 0 Å². The first-order chi connectivity index (χ1) is 22.9. The van der Waals surface area contributed by atoms with Crippen LogP contribution in [0.2, 0.25) is 0 Å². The minimum absolute atomic E-state index is 0.000907. The van der Waals surface area contributed by atoms with Crippen molar-refractivity contribution >= 4 is 43.9 Å². The van der Waals surface area contributed by atoms with Crippen LogP contribution in [0, 0.1) is 5.41 Å². The fraction of sp³-hybridized carbons (Fsp3) is 0.190. The van der Waals surface area contributed by atoms with Gasteiger partial charge in [0.25, 0.3) is 0 Å². The van der Waals surface area contributed by atoms with Gasteiger partial charge >= 0.3 is 0 Å². The SMILES string of the molecule is CC12CCC(c3nc4c(-c5ccc(-c6ccc7ccccc7c6)o5)sc(-c5ccc(-c6ccc7ccccc7c6)o5)c4nc31)C2(C)C. The first-order valence-corrected chi connectivity index (χ1v) is 17.2. The molecular formula is C42H32N2O2S. The van der Waals surface area contributed by atoms with E-state index in [1.165, 1.54) is 27.2 Å². The molecule has 2 bridgehead atoms. The van der Waals surface area contributed by atoms with Crippen molar-refractivity contribution in [3.8, 4) is 43.9 Å². The fourth-order valence-corrected chi connectivity index (χ4v) is 9.37. The molecule has 0 spiro atoms. The van der Waals surface area contributed by atoms with Gasteiger partial charge in [-0.3, -0.25) is 0 Å². The molecule has 2 unspecified atom stereocenters. The summed E-state index contributed by atoms with van der Waals surface area (Å²) in [4.78, 5) is 12.9. The summed E-state index contributed by atoms with van der Waals surface area (Å²) in [6, 6.07) is 38.1. The average molecular weight is 629 g/mol. The standard InChI is InChI=1S/C42H32N2O2S/c1-41(2)30-20-21-42(41,3)40-35(30)43-36-37(44-40)39(34-19-17-32(46-34)29-15-13-25-9-5-7-11-27(25)23-29)47-38(36)33-18-16-31(45-33)28-14-12-24-8-4-6-10-26(24)22-28/h4-19,22-23,30H,20-21H2,1-3H3. The molecular weight excluding hydrogens is 597 g/mol. The average Bonchev–Trinajstić information content (AvgIpc) is 3.91. The van der Waals surface area contributed by atoms with Crippen molar-refractivity contribution in [2.75, 3.05) is 0 Å². The highest BCUT2D eigenvalue weighted by molar-refractivity contribution is 7.20. The van der Waals surface area contributed by atoms with Gasteiger partial charge < -0.3 is 8.83 Å². The fourth-order valence-electron chi connectivity index (χ4n) is 8.26. The second-order valence-electron chi connectivity index (χ2n) is 14.0. The number of hydrogen-bond acceptors (Lipinski definition) is 5. The number of fused-ring (bicyclic) bond motifs is 8. The number of furan rings is 2. The van der Waals surface area contributed by atoms with E-state index in [1.807, 2.05) is 0 Å². The second kappa shape index (κ2) is 9.52. The molecule has 10 rings (SSSR count). The Bertz CT molecular complexity index is 2550. The van der Waals surface area contributed by atoms with Crippen LogP contribution < -0.4 is 0 Å². The molecule has 0 amide bonds. The van der Waals surface area contributed by atoms with Gasteiger partial charge in [-0.1, -0.05) is 93.6 Å². The van der Waals surface area contributed by atoms with E-state index in [1.54, 1.807) is 11.3 Å². The van der Waals surface area contributed by atoms with E-state index < -0.39 is 0 Å².